The Balaban J connectivity index is 1.92. The highest BCUT2D eigenvalue weighted by Crippen LogP contribution is 2.26. The SMILES string of the molecule is CC(C)Oc1ccc(-c2nc3cc(CO)ccc3o2)cc1. The van der Waals surface area contributed by atoms with Gasteiger partial charge >= 0.3 is 0 Å². The van der Waals surface area contributed by atoms with Gasteiger partial charge in [-0.3, -0.25) is 0 Å². The molecule has 0 saturated heterocycles. The molecule has 0 fully saturated rings. The first-order valence-corrected chi connectivity index (χ1v) is 6.93. The molecule has 21 heavy (non-hydrogen) atoms. The van der Waals surface area contributed by atoms with Crippen LogP contribution >= 0.6 is 0 Å². The van der Waals surface area contributed by atoms with Crippen LogP contribution in [0.25, 0.3) is 22.6 Å². The van der Waals surface area contributed by atoms with Crippen molar-refractivity contribution in [1.29, 1.82) is 0 Å². The van der Waals surface area contributed by atoms with Crippen molar-refractivity contribution in [3.8, 4) is 17.2 Å². The second-order valence-corrected chi connectivity index (χ2v) is 5.17. The Morgan fingerprint density at radius 3 is 2.57 bits per heavy atom. The summed E-state index contributed by atoms with van der Waals surface area (Å²) in [5.74, 6) is 1.39. The molecule has 4 nitrogen and oxygen atoms in total. The van der Waals surface area contributed by atoms with Gasteiger partial charge in [0.05, 0.1) is 12.7 Å². The summed E-state index contributed by atoms with van der Waals surface area (Å²) in [6.45, 7) is 3.99. The van der Waals surface area contributed by atoms with Gasteiger partial charge in [0.1, 0.15) is 11.3 Å². The molecular formula is C17H17NO3. The first-order chi connectivity index (χ1) is 10.2. The lowest BCUT2D eigenvalue weighted by Gasteiger charge is -2.09. The molecule has 1 heterocycles. The van der Waals surface area contributed by atoms with E-state index in [9.17, 15) is 0 Å². The molecule has 0 aliphatic heterocycles. The van der Waals surface area contributed by atoms with E-state index in [1.54, 1.807) is 0 Å². The third-order valence-electron chi connectivity index (χ3n) is 3.11. The van der Waals surface area contributed by atoms with E-state index in [0.29, 0.717) is 11.5 Å². The molecule has 0 radical (unpaired) electrons. The number of rotatable bonds is 4. The Labute approximate surface area is 123 Å². The van der Waals surface area contributed by atoms with E-state index in [1.807, 2.05) is 56.3 Å². The molecule has 0 unspecified atom stereocenters. The maximum Gasteiger partial charge on any atom is 0.227 e. The van der Waals surface area contributed by atoms with Gasteiger partial charge in [-0.2, -0.15) is 0 Å². The van der Waals surface area contributed by atoms with Crippen molar-refractivity contribution in [1.82, 2.24) is 4.98 Å². The van der Waals surface area contributed by atoms with E-state index in [4.69, 9.17) is 14.3 Å². The van der Waals surface area contributed by atoms with E-state index in [0.717, 1.165) is 22.4 Å². The smallest absolute Gasteiger partial charge is 0.227 e. The number of oxazole rings is 1. The largest absolute Gasteiger partial charge is 0.491 e. The monoisotopic (exact) mass is 283 g/mol. The topological polar surface area (TPSA) is 55.5 Å². The van der Waals surface area contributed by atoms with Gasteiger partial charge < -0.3 is 14.3 Å². The minimum Gasteiger partial charge on any atom is -0.491 e. The summed E-state index contributed by atoms with van der Waals surface area (Å²) in [4.78, 5) is 4.46. The summed E-state index contributed by atoms with van der Waals surface area (Å²) >= 11 is 0. The number of hydrogen-bond acceptors (Lipinski definition) is 4. The van der Waals surface area contributed by atoms with Crippen molar-refractivity contribution in [3.63, 3.8) is 0 Å². The highest BCUT2D eigenvalue weighted by Gasteiger charge is 2.09. The van der Waals surface area contributed by atoms with Crippen molar-refractivity contribution in [2.24, 2.45) is 0 Å². The maximum absolute atomic E-state index is 9.15. The van der Waals surface area contributed by atoms with Crippen LogP contribution in [0.2, 0.25) is 0 Å². The lowest BCUT2D eigenvalue weighted by atomic mass is 10.2. The van der Waals surface area contributed by atoms with Crippen LogP contribution in [-0.4, -0.2) is 16.2 Å². The van der Waals surface area contributed by atoms with Crippen molar-refractivity contribution in [3.05, 3.63) is 48.0 Å². The summed E-state index contributed by atoms with van der Waals surface area (Å²) in [7, 11) is 0. The fourth-order valence-electron chi connectivity index (χ4n) is 2.14. The van der Waals surface area contributed by atoms with Crippen molar-refractivity contribution in [2.45, 2.75) is 26.6 Å². The second kappa shape index (κ2) is 5.58. The fourth-order valence-corrected chi connectivity index (χ4v) is 2.14. The summed E-state index contributed by atoms with van der Waals surface area (Å²) < 4.78 is 11.4. The number of nitrogens with zero attached hydrogens (tertiary/aromatic N) is 1. The number of aromatic nitrogens is 1. The highest BCUT2D eigenvalue weighted by molar-refractivity contribution is 5.77. The van der Waals surface area contributed by atoms with Crippen LogP contribution in [0, 0.1) is 0 Å². The normalized spacial score (nSPS) is 11.2. The predicted octanol–water partition coefficient (Wildman–Crippen LogP) is 3.77. The standard InChI is InChI=1S/C17H17NO3/c1-11(2)20-14-6-4-13(5-7-14)17-18-15-9-12(10-19)3-8-16(15)21-17/h3-9,11,19H,10H2,1-2H3. The molecule has 1 aromatic heterocycles. The molecule has 0 atom stereocenters. The quantitative estimate of drug-likeness (QED) is 0.791. The second-order valence-electron chi connectivity index (χ2n) is 5.17. The first kappa shape index (κ1) is 13.6. The third-order valence-corrected chi connectivity index (χ3v) is 3.11. The van der Waals surface area contributed by atoms with E-state index in [2.05, 4.69) is 4.98 Å². The van der Waals surface area contributed by atoms with Gasteiger partial charge in [-0.15, -0.1) is 0 Å². The molecule has 0 amide bonds. The molecule has 0 aliphatic rings. The maximum atomic E-state index is 9.15. The Bertz CT molecular complexity index is 744. The van der Waals surface area contributed by atoms with Gasteiger partial charge in [0.25, 0.3) is 0 Å². The van der Waals surface area contributed by atoms with Gasteiger partial charge in [0, 0.05) is 5.56 Å². The number of fused-ring (bicyclic) bond motifs is 1. The van der Waals surface area contributed by atoms with Crippen molar-refractivity contribution >= 4 is 11.1 Å². The molecule has 4 heteroatoms. The fraction of sp³-hybridized carbons (Fsp3) is 0.235. The zero-order valence-electron chi connectivity index (χ0n) is 12.0. The Morgan fingerprint density at radius 1 is 1.14 bits per heavy atom. The predicted molar refractivity (Wildman–Crippen MR) is 81.1 cm³/mol. The Morgan fingerprint density at radius 2 is 1.90 bits per heavy atom. The lowest BCUT2D eigenvalue weighted by molar-refractivity contribution is 0.242. The van der Waals surface area contributed by atoms with E-state index >= 15 is 0 Å². The number of aliphatic hydroxyl groups excluding tert-OH is 1. The number of ether oxygens (including phenoxy) is 1. The number of hydrogen-bond donors (Lipinski definition) is 1. The molecule has 1 N–H and O–H groups in total. The highest BCUT2D eigenvalue weighted by atomic mass is 16.5. The molecule has 3 rings (SSSR count). The van der Waals surface area contributed by atoms with E-state index < -0.39 is 0 Å². The zero-order valence-corrected chi connectivity index (χ0v) is 12.0. The molecule has 108 valence electrons. The molecule has 2 aromatic carbocycles. The van der Waals surface area contributed by atoms with Crippen LogP contribution in [0.3, 0.4) is 0 Å². The third kappa shape index (κ3) is 2.90. The number of benzene rings is 2. The minimum atomic E-state index is -0.000624. The average Bonchev–Trinajstić information content (AvgIpc) is 2.90. The van der Waals surface area contributed by atoms with Crippen molar-refractivity contribution < 1.29 is 14.3 Å². The minimum absolute atomic E-state index is 0.000624. The molecule has 0 spiro atoms. The van der Waals surface area contributed by atoms with Crippen LogP contribution in [0.5, 0.6) is 5.75 Å². The van der Waals surface area contributed by atoms with Crippen LogP contribution in [0.4, 0.5) is 0 Å². The van der Waals surface area contributed by atoms with Gasteiger partial charge in [0.2, 0.25) is 5.89 Å². The van der Waals surface area contributed by atoms with Gasteiger partial charge in [0.15, 0.2) is 5.58 Å². The molecule has 3 aromatic rings. The summed E-state index contributed by atoms with van der Waals surface area (Å²) in [5.41, 5.74) is 3.18. The van der Waals surface area contributed by atoms with Gasteiger partial charge in [-0.25, -0.2) is 4.98 Å². The molecule has 0 aliphatic carbocycles. The number of aliphatic hydroxyl groups is 1. The summed E-state index contributed by atoms with van der Waals surface area (Å²) in [6.07, 6.45) is 0.150. The van der Waals surface area contributed by atoms with Gasteiger partial charge in [-0.1, -0.05) is 6.07 Å². The Hall–Kier alpha value is -2.33. The summed E-state index contributed by atoms with van der Waals surface area (Å²) in [6, 6.07) is 13.2. The first-order valence-electron chi connectivity index (χ1n) is 6.93. The molecular weight excluding hydrogens is 266 g/mol. The van der Waals surface area contributed by atoms with Crippen LogP contribution in [0.15, 0.2) is 46.9 Å². The van der Waals surface area contributed by atoms with Crippen LogP contribution < -0.4 is 4.74 Å². The van der Waals surface area contributed by atoms with E-state index in [-0.39, 0.29) is 12.7 Å². The van der Waals surface area contributed by atoms with E-state index in [1.165, 1.54) is 0 Å². The van der Waals surface area contributed by atoms with Gasteiger partial charge in [-0.05, 0) is 55.8 Å². The Kier molecular flexibility index (Phi) is 3.62. The molecule has 0 bridgehead atoms. The lowest BCUT2D eigenvalue weighted by Crippen LogP contribution is -2.05. The van der Waals surface area contributed by atoms with Crippen LogP contribution in [0.1, 0.15) is 19.4 Å². The average molecular weight is 283 g/mol. The molecule has 0 saturated carbocycles. The van der Waals surface area contributed by atoms with Crippen molar-refractivity contribution in [2.75, 3.05) is 0 Å². The zero-order chi connectivity index (χ0) is 14.8. The summed E-state index contributed by atoms with van der Waals surface area (Å²) in [5, 5.41) is 9.15. The van der Waals surface area contributed by atoms with Crippen LogP contribution in [-0.2, 0) is 6.61 Å².